The number of hydrogen-bond donors (Lipinski definition) is 1. The number of nitrogens with zero attached hydrogens (tertiary/aromatic N) is 1. The van der Waals surface area contributed by atoms with Crippen LogP contribution in [0.3, 0.4) is 0 Å². The van der Waals surface area contributed by atoms with Crippen LogP contribution in [-0.2, 0) is 4.74 Å². The molecule has 0 aromatic carbocycles. The third-order valence-electron chi connectivity index (χ3n) is 3.83. The summed E-state index contributed by atoms with van der Waals surface area (Å²) in [6, 6.07) is 1.11. The zero-order valence-electron chi connectivity index (χ0n) is 12.0. The first-order chi connectivity index (χ1) is 8.42. The highest BCUT2D eigenvalue weighted by molar-refractivity contribution is 5.70. The number of carbonyl (C=O) groups excluding carboxylic acids is 1. The Bertz CT molecular complexity index is 311. The van der Waals surface area contributed by atoms with Crippen molar-refractivity contribution in [2.45, 2.75) is 77.1 Å². The number of amides is 1. The van der Waals surface area contributed by atoms with Crippen LogP contribution in [0.4, 0.5) is 4.79 Å². The average molecular weight is 254 g/mol. The van der Waals surface area contributed by atoms with Gasteiger partial charge in [0, 0.05) is 18.6 Å². The van der Waals surface area contributed by atoms with Crippen molar-refractivity contribution in [3.63, 3.8) is 0 Å². The Morgan fingerprint density at radius 3 is 2.72 bits per heavy atom. The van der Waals surface area contributed by atoms with Crippen molar-refractivity contribution in [3.8, 4) is 0 Å². The van der Waals surface area contributed by atoms with Crippen LogP contribution in [0.15, 0.2) is 0 Å². The largest absolute Gasteiger partial charge is 0.444 e. The molecule has 4 heteroatoms. The van der Waals surface area contributed by atoms with Gasteiger partial charge >= 0.3 is 6.09 Å². The zero-order valence-corrected chi connectivity index (χ0v) is 12.0. The summed E-state index contributed by atoms with van der Waals surface area (Å²) < 4.78 is 5.54. The highest BCUT2D eigenvalue weighted by Crippen LogP contribution is 2.32. The molecule has 2 heterocycles. The van der Waals surface area contributed by atoms with E-state index in [1.807, 2.05) is 25.7 Å². The predicted octanol–water partition coefficient (Wildman–Crippen LogP) is 2.53. The number of fused-ring (bicyclic) bond motifs is 2. The molecule has 104 valence electrons. The van der Waals surface area contributed by atoms with Gasteiger partial charge in [-0.15, -0.1) is 0 Å². The molecule has 4 nitrogen and oxygen atoms in total. The first kappa shape index (κ1) is 13.7. The molecular weight excluding hydrogens is 228 g/mol. The Morgan fingerprint density at radius 2 is 2.11 bits per heavy atom. The monoisotopic (exact) mass is 254 g/mol. The lowest BCUT2D eigenvalue weighted by Gasteiger charge is -2.41. The molecule has 2 bridgehead atoms. The van der Waals surface area contributed by atoms with Crippen molar-refractivity contribution in [1.82, 2.24) is 10.2 Å². The average Bonchev–Trinajstić information content (AvgIpc) is 2.56. The van der Waals surface area contributed by atoms with Crippen LogP contribution in [0.25, 0.3) is 0 Å². The van der Waals surface area contributed by atoms with E-state index in [2.05, 4.69) is 12.2 Å². The molecule has 0 radical (unpaired) electrons. The third-order valence-corrected chi connectivity index (χ3v) is 3.83. The molecule has 0 saturated carbocycles. The molecule has 0 aromatic rings. The van der Waals surface area contributed by atoms with Gasteiger partial charge < -0.3 is 10.1 Å². The highest BCUT2D eigenvalue weighted by atomic mass is 16.6. The van der Waals surface area contributed by atoms with Gasteiger partial charge in [0.15, 0.2) is 0 Å². The zero-order chi connectivity index (χ0) is 13.3. The summed E-state index contributed by atoms with van der Waals surface area (Å²) in [5, 5.41) is 3.58. The van der Waals surface area contributed by atoms with Gasteiger partial charge in [-0.1, -0.05) is 13.3 Å². The quantitative estimate of drug-likeness (QED) is 0.823. The second-order valence-electron chi connectivity index (χ2n) is 6.49. The van der Waals surface area contributed by atoms with Crippen molar-refractivity contribution < 1.29 is 9.53 Å². The van der Waals surface area contributed by atoms with Crippen molar-refractivity contribution >= 4 is 6.09 Å². The van der Waals surface area contributed by atoms with Crippen molar-refractivity contribution in [3.05, 3.63) is 0 Å². The lowest BCUT2D eigenvalue weighted by molar-refractivity contribution is 0.00366. The van der Waals surface area contributed by atoms with Crippen LogP contribution in [0, 0.1) is 0 Å². The molecule has 0 aromatic heterocycles. The van der Waals surface area contributed by atoms with Gasteiger partial charge in [0.1, 0.15) is 5.60 Å². The van der Waals surface area contributed by atoms with E-state index < -0.39 is 5.60 Å². The molecule has 3 atom stereocenters. The summed E-state index contributed by atoms with van der Waals surface area (Å²) in [5.74, 6) is 0. The van der Waals surface area contributed by atoms with E-state index in [-0.39, 0.29) is 6.09 Å². The highest BCUT2D eigenvalue weighted by Gasteiger charge is 2.45. The second kappa shape index (κ2) is 5.08. The van der Waals surface area contributed by atoms with Crippen molar-refractivity contribution in [2.24, 2.45) is 0 Å². The Morgan fingerprint density at radius 1 is 1.39 bits per heavy atom. The van der Waals surface area contributed by atoms with Gasteiger partial charge in [-0.3, -0.25) is 4.90 Å². The molecule has 1 N–H and O–H groups in total. The molecule has 2 rings (SSSR count). The summed E-state index contributed by atoms with van der Waals surface area (Å²) >= 11 is 0. The maximum atomic E-state index is 12.3. The van der Waals surface area contributed by atoms with Crippen molar-refractivity contribution in [1.29, 1.82) is 0 Å². The lowest BCUT2D eigenvalue weighted by Crippen LogP contribution is -2.60. The van der Waals surface area contributed by atoms with Crippen molar-refractivity contribution in [2.75, 3.05) is 6.54 Å². The standard InChI is InChI=1S/C14H26N2O2/c1-5-6-11-12-8-7-10(9-15-11)16(12)13(17)18-14(2,3)4/h10-12,15H,5-9H2,1-4H3. The minimum atomic E-state index is -0.401. The molecule has 0 spiro atoms. The molecule has 1 amide bonds. The van der Waals surface area contributed by atoms with Crippen LogP contribution in [0.2, 0.25) is 0 Å². The maximum absolute atomic E-state index is 12.3. The van der Waals surface area contributed by atoms with Crippen LogP contribution >= 0.6 is 0 Å². The fourth-order valence-corrected chi connectivity index (χ4v) is 3.14. The van der Waals surface area contributed by atoms with Crippen LogP contribution in [-0.4, -0.2) is 41.3 Å². The third kappa shape index (κ3) is 2.79. The minimum Gasteiger partial charge on any atom is -0.444 e. The Balaban J connectivity index is 2.05. The van der Waals surface area contributed by atoms with E-state index >= 15 is 0 Å². The van der Waals surface area contributed by atoms with Gasteiger partial charge in [0.05, 0.1) is 6.04 Å². The molecule has 2 aliphatic rings. The van der Waals surface area contributed by atoms with Crippen LogP contribution < -0.4 is 5.32 Å². The fraction of sp³-hybridized carbons (Fsp3) is 0.929. The van der Waals surface area contributed by atoms with E-state index in [0.717, 1.165) is 32.2 Å². The summed E-state index contributed by atoms with van der Waals surface area (Å²) in [4.78, 5) is 14.3. The number of rotatable bonds is 2. The van der Waals surface area contributed by atoms with E-state index in [9.17, 15) is 4.79 Å². The van der Waals surface area contributed by atoms with Gasteiger partial charge in [0.2, 0.25) is 0 Å². The van der Waals surface area contributed by atoms with E-state index in [4.69, 9.17) is 4.74 Å². The summed E-state index contributed by atoms with van der Waals surface area (Å²) in [7, 11) is 0. The van der Waals surface area contributed by atoms with E-state index in [1.165, 1.54) is 0 Å². The SMILES string of the molecule is CCCC1NCC2CCC1N2C(=O)OC(C)(C)C. The van der Waals surface area contributed by atoms with Crippen LogP contribution in [0.5, 0.6) is 0 Å². The number of piperazine rings is 1. The molecule has 3 unspecified atom stereocenters. The van der Waals surface area contributed by atoms with E-state index in [1.54, 1.807) is 0 Å². The smallest absolute Gasteiger partial charge is 0.410 e. The van der Waals surface area contributed by atoms with Gasteiger partial charge in [0.25, 0.3) is 0 Å². The number of ether oxygens (including phenoxy) is 1. The topological polar surface area (TPSA) is 41.6 Å². The predicted molar refractivity (Wildman–Crippen MR) is 71.6 cm³/mol. The second-order valence-corrected chi connectivity index (χ2v) is 6.49. The first-order valence-corrected chi connectivity index (χ1v) is 7.17. The fourth-order valence-electron chi connectivity index (χ4n) is 3.14. The first-order valence-electron chi connectivity index (χ1n) is 7.17. The number of carbonyl (C=O) groups is 1. The lowest BCUT2D eigenvalue weighted by atomic mass is 10.0. The Kier molecular flexibility index (Phi) is 3.85. The number of nitrogens with one attached hydrogen (secondary N) is 1. The van der Waals surface area contributed by atoms with Crippen LogP contribution in [0.1, 0.15) is 53.4 Å². The molecule has 2 aliphatic heterocycles. The van der Waals surface area contributed by atoms with Gasteiger partial charge in [-0.05, 0) is 40.0 Å². The summed E-state index contributed by atoms with van der Waals surface area (Å²) in [6.45, 7) is 8.90. The Hall–Kier alpha value is -0.770. The maximum Gasteiger partial charge on any atom is 0.410 e. The van der Waals surface area contributed by atoms with Gasteiger partial charge in [-0.2, -0.15) is 0 Å². The summed E-state index contributed by atoms with van der Waals surface area (Å²) in [6.07, 6.45) is 4.38. The van der Waals surface area contributed by atoms with E-state index in [0.29, 0.717) is 18.1 Å². The summed E-state index contributed by atoms with van der Waals surface area (Å²) in [5.41, 5.74) is -0.401. The Labute approximate surface area is 110 Å². The minimum absolute atomic E-state index is 0.127. The molecule has 18 heavy (non-hydrogen) atoms. The molecule has 2 saturated heterocycles. The van der Waals surface area contributed by atoms with Gasteiger partial charge in [-0.25, -0.2) is 4.79 Å². The molecule has 2 fully saturated rings. The normalized spacial score (nSPS) is 31.6. The molecule has 0 aliphatic carbocycles. The number of hydrogen-bond acceptors (Lipinski definition) is 3. The molecular formula is C14H26N2O2.